The van der Waals surface area contributed by atoms with Gasteiger partial charge in [0, 0.05) is 18.7 Å². The van der Waals surface area contributed by atoms with Crippen molar-refractivity contribution in [3.05, 3.63) is 64.2 Å². The number of benzene rings is 2. The van der Waals surface area contributed by atoms with E-state index in [1.165, 1.54) is 22.5 Å². The van der Waals surface area contributed by atoms with E-state index < -0.39 is 22.6 Å². The van der Waals surface area contributed by atoms with Crippen LogP contribution in [-0.4, -0.2) is 44.2 Å². The predicted molar refractivity (Wildman–Crippen MR) is 110 cm³/mol. The zero-order valence-corrected chi connectivity index (χ0v) is 17.6. The topological polar surface area (TPSA) is 80.8 Å². The average molecular weight is 436 g/mol. The van der Waals surface area contributed by atoms with E-state index in [2.05, 4.69) is 0 Å². The molecule has 0 atom stereocenters. The van der Waals surface area contributed by atoms with Crippen LogP contribution >= 0.6 is 11.6 Å². The van der Waals surface area contributed by atoms with Gasteiger partial charge in [0.15, 0.2) is 12.4 Å². The van der Waals surface area contributed by atoms with Gasteiger partial charge in [0.2, 0.25) is 10.0 Å². The third-order valence-electron chi connectivity index (χ3n) is 4.87. The molecule has 1 saturated heterocycles. The summed E-state index contributed by atoms with van der Waals surface area (Å²) in [5.41, 5.74) is 1.58. The maximum Gasteiger partial charge on any atom is 0.338 e. The summed E-state index contributed by atoms with van der Waals surface area (Å²) in [5.74, 6) is -1.11. The van der Waals surface area contributed by atoms with Crippen molar-refractivity contribution in [1.82, 2.24) is 4.31 Å². The molecule has 0 N–H and O–H groups in total. The number of carbonyl (C=O) groups excluding carboxylic acids is 2. The number of nitrogens with zero attached hydrogens (tertiary/aromatic N) is 1. The highest BCUT2D eigenvalue weighted by molar-refractivity contribution is 7.89. The van der Waals surface area contributed by atoms with Gasteiger partial charge in [0.1, 0.15) is 4.90 Å². The van der Waals surface area contributed by atoms with Gasteiger partial charge in [-0.2, -0.15) is 4.31 Å². The summed E-state index contributed by atoms with van der Waals surface area (Å²) in [6.45, 7) is 2.45. The van der Waals surface area contributed by atoms with Gasteiger partial charge >= 0.3 is 5.97 Å². The van der Waals surface area contributed by atoms with Crippen LogP contribution in [0, 0.1) is 0 Å². The minimum Gasteiger partial charge on any atom is -0.454 e. The zero-order valence-electron chi connectivity index (χ0n) is 16.1. The first-order valence-electron chi connectivity index (χ1n) is 9.42. The van der Waals surface area contributed by atoms with Gasteiger partial charge in [-0.15, -0.1) is 0 Å². The highest BCUT2D eigenvalue weighted by Gasteiger charge is 2.30. The molecule has 1 fully saturated rings. The fourth-order valence-corrected chi connectivity index (χ4v) is 5.14. The maximum atomic E-state index is 12.8. The molecule has 8 heteroatoms. The van der Waals surface area contributed by atoms with Gasteiger partial charge < -0.3 is 4.74 Å². The molecule has 6 nitrogen and oxygen atoms in total. The van der Waals surface area contributed by atoms with E-state index in [4.69, 9.17) is 16.3 Å². The van der Waals surface area contributed by atoms with Crippen LogP contribution in [0.25, 0.3) is 0 Å². The molecule has 0 radical (unpaired) electrons. The molecule has 0 bridgehead atoms. The fraction of sp³-hybridized carbons (Fsp3) is 0.333. The van der Waals surface area contributed by atoms with Crippen LogP contribution in [0.15, 0.2) is 47.4 Å². The van der Waals surface area contributed by atoms with Crippen molar-refractivity contribution in [3.63, 3.8) is 0 Å². The van der Waals surface area contributed by atoms with Crippen molar-refractivity contribution in [2.24, 2.45) is 0 Å². The predicted octanol–water partition coefficient (Wildman–Crippen LogP) is 3.73. The van der Waals surface area contributed by atoms with Gasteiger partial charge in [-0.25, -0.2) is 13.2 Å². The zero-order chi connectivity index (χ0) is 21.0. The van der Waals surface area contributed by atoms with Crippen molar-refractivity contribution in [2.75, 3.05) is 19.7 Å². The first-order chi connectivity index (χ1) is 13.8. The Hall–Kier alpha value is -2.22. The lowest BCUT2D eigenvalue weighted by atomic mass is 10.1. The first-order valence-corrected chi connectivity index (χ1v) is 11.2. The molecule has 1 aliphatic rings. The van der Waals surface area contributed by atoms with E-state index in [0.29, 0.717) is 18.7 Å². The second-order valence-electron chi connectivity index (χ2n) is 6.81. The number of sulfonamides is 1. The molecule has 0 spiro atoms. The summed E-state index contributed by atoms with van der Waals surface area (Å²) in [5, 5.41) is 0.0422. The molecule has 0 amide bonds. The quantitative estimate of drug-likeness (QED) is 0.489. The van der Waals surface area contributed by atoms with Crippen molar-refractivity contribution in [1.29, 1.82) is 0 Å². The minimum absolute atomic E-state index is 0.0290. The maximum absolute atomic E-state index is 12.8. The Bertz CT molecular complexity index is 1010. The Morgan fingerprint density at radius 2 is 1.66 bits per heavy atom. The lowest BCUT2D eigenvalue weighted by Crippen LogP contribution is -2.28. The lowest BCUT2D eigenvalue weighted by Gasteiger charge is -2.17. The van der Waals surface area contributed by atoms with Crippen molar-refractivity contribution >= 4 is 33.4 Å². The molecule has 0 unspecified atom stereocenters. The van der Waals surface area contributed by atoms with Gasteiger partial charge in [0.05, 0.1) is 10.6 Å². The molecule has 2 aromatic rings. The molecular formula is C21H22ClNO5S. The van der Waals surface area contributed by atoms with E-state index >= 15 is 0 Å². The van der Waals surface area contributed by atoms with Gasteiger partial charge in [-0.05, 0) is 43.0 Å². The molecule has 0 saturated carbocycles. The molecule has 3 rings (SSSR count). The Kier molecular flexibility index (Phi) is 6.72. The first kappa shape index (κ1) is 21.5. The van der Waals surface area contributed by atoms with E-state index in [1.807, 2.05) is 19.1 Å². The summed E-state index contributed by atoms with van der Waals surface area (Å²) < 4.78 is 32.0. The van der Waals surface area contributed by atoms with Crippen LogP contribution in [0.5, 0.6) is 0 Å². The Balaban J connectivity index is 1.71. The number of hydrogen-bond acceptors (Lipinski definition) is 5. The third kappa shape index (κ3) is 4.86. The van der Waals surface area contributed by atoms with Crippen LogP contribution in [0.2, 0.25) is 5.02 Å². The second kappa shape index (κ2) is 9.07. The Morgan fingerprint density at radius 3 is 2.28 bits per heavy atom. The van der Waals surface area contributed by atoms with Crippen molar-refractivity contribution < 1.29 is 22.7 Å². The summed E-state index contributed by atoms with van der Waals surface area (Å²) in [6.07, 6.45) is 2.45. The number of Topliss-reactive ketones (excluding diaryl/α,β-unsaturated/α-hetero) is 1. The van der Waals surface area contributed by atoms with Gasteiger partial charge in [0.25, 0.3) is 0 Å². The van der Waals surface area contributed by atoms with Crippen LogP contribution in [0.1, 0.15) is 46.0 Å². The van der Waals surface area contributed by atoms with Crippen molar-refractivity contribution in [2.45, 2.75) is 31.1 Å². The molecule has 1 heterocycles. The largest absolute Gasteiger partial charge is 0.454 e. The van der Waals surface area contributed by atoms with Crippen LogP contribution in [0.3, 0.4) is 0 Å². The summed E-state index contributed by atoms with van der Waals surface area (Å²) in [6, 6.07) is 11.0. The van der Waals surface area contributed by atoms with E-state index in [9.17, 15) is 18.0 Å². The number of aryl methyl sites for hydroxylation is 1. The Labute approximate surface area is 175 Å². The monoisotopic (exact) mass is 435 g/mol. The highest BCUT2D eigenvalue weighted by Crippen LogP contribution is 2.28. The average Bonchev–Trinajstić information content (AvgIpc) is 3.28. The second-order valence-corrected chi connectivity index (χ2v) is 9.12. The SMILES string of the molecule is CCc1ccc(C(=O)COC(=O)c2ccc(Cl)c(S(=O)(=O)N3CCCC3)c2)cc1. The molecule has 0 aliphatic carbocycles. The number of halogens is 1. The van der Waals surface area contributed by atoms with Gasteiger partial charge in [-0.1, -0.05) is 42.8 Å². The summed E-state index contributed by atoms with van der Waals surface area (Å²) in [4.78, 5) is 24.5. The van der Waals surface area contributed by atoms with Crippen LogP contribution in [0.4, 0.5) is 0 Å². The molecule has 2 aromatic carbocycles. The summed E-state index contributed by atoms with van der Waals surface area (Å²) >= 11 is 6.08. The Morgan fingerprint density at radius 1 is 1.03 bits per heavy atom. The lowest BCUT2D eigenvalue weighted by molar-refractivity contribution is 0.0474. The number of rotatable bonds is 7. The van der Waals surface area contributed by atoms with E-state index in [1.54, 1.807) is 12.1 Å². The molecule has 0 aromatic heterocycles. The van der Waals surface area contributed by atoms with Gasteiger partial charge in [-0.3, -0.25) is 4.79 Å². The number of esters is 1. The smallest absolute Gasteiger partial charge is 0.338 e. The number of carbonyl (C=O) groups is 2. The van der Waals surface area contributed by atoms with E-state index in [-0.39, 0.29) is 21.3 Å². The molecule has 1 aliphatic heterocycles. The minimum atomic E-state index is -3.78. The van der Waals surface area contributed by atoms with Crippen molar-refractivity contribution in [3.8, 4) is 0 Å². The normalized spacial score (nSPS) is 14.7. The summed E-state index contributed by atoms with van der Waals surface area (Å²) in [7, 11) is -3.78. The molecule has 29 heavy (non-hydrogen) atoms. The number of ketones is 1. The fourth-order valence-electron chi connectivity index (χ4n) is 3.12. The molecular weight excluding hydrogens is 414 g/mol. The third-order valence-corrected chi connectivity index (χ3v) is 7.25. The molecule has 154 valence electrons. The van der Waals surface area contributed by atoms with Crippen LogP contribution < -0.4 is 0 Å². The standard InChI is InChI=1S/C21H22ClNO5S/c1-2-15-5-7-16(8-6-15)19(24)14-28-21(25)17-9-10-18(22)20(13-17)29(26,27)23-11-3-4-12-23/h5-10,13H,2-4,11-12,14H2,1H3. The number of ether oxygens (including phenoxy) is 1. The van der Waals surface area contributed by atoms with Crippen LogP contribution in [-0.2, 0) is 21.2 Å². The van der Waals surface area contributed by atoms with E-state index in [0.717, 1.165) is 24.8 Å². The number of hydrogen-bond donors (Lipinski definition) is 0. The highest BCUT2D eigenvalue weighted by atomic mass is 35.5.